The lowest BCUT2D eigenvalue weighted by Crippen LogP contribution is -2.10. The molecule has 0 radical (unpaired) electrons. The van der Waals surface area contributed by atoms with Crippen molar-refractivity contribution in [2.45, 2.75) is 59.9 Å². The number of nitrogens with zero attached hydrogens (tertiary/aromatic N) is 1. The number of unbranched alkanes of at least 4 members (excludes halogenated alkanes) is 1. The number of hydrogen-bond donors (Lipinski definition) is 0. The smallest absolute Gasteiger partial charge is 0.193 e. The van der Waals surface area contributed by atoms with Crippen molar-refractivity contribution < 1.29 is 9.59 Å². The monoisotopic (exact) mass is 515 g/mol. The molecule has 39 heavy (non-hydrogen) atoms. The Morgan fingerprint density at radius 1 is 0.692 bits per heavy atom. The molecule has 5 aromatic rings. The fraction of sp³-hybridized carbons (Fsp3) is 0.278. The third-order valence-corrected chi connectivity index (χ3v) is 8.15. The van der Waals surface area contributed by atoms with Crippen LogP contribution in [0.15, 0.2) is 84.9 Å². The zero-order valence-electron chi connectivity index (χ0n) is 23.5. The highest BCUT2D eigenvalue weighted by Crippen LogP contribution is 2.34. The largest absolute Gasteiger partial charge is 0.340 e. The minimum atomic E-state index is 0.0254. The molecule has 198 valence electrons. The molecule has 3 heteroatoms. The van der Waals surface area contributed by atoms with Crippen LogP contribution < -0.4 is 0 Å². The fourth-order valence-corrected chi connectivity index (χ4v) is 5.73. The van der Waals surface area contributed by atoms with Crippen molar-refractivity contribution in [1.29, 1.82) is 0 Å². The minimum absolute atomic E-state index is 0.0254. The lowest BCUT2D eigenvalue weighted by atomic mass is 9.96. The first-order valence-electron chi connectivity index (χ1n) is 14.2. The van der Waals surface area contributed by atoms with Gasteiger partial charge >= 0.3 is 0 Å². The summed E-state index contributed by atoms with van der Waals surface area (Å²) >= 11 is 0. The van der Waals surface area contributed by atoms with E-state index in [0.717, 1.165) is 57.0 Å². The summed E-state index contributed by atoms with van der Waals surface area (Å²) in [4.78, 5) is 27.1. The maximum absolute atomic E-state index is 13.5. The molecular formula is C36H37NO2. The van der Waals surface area contributed by atoms with E-state index in [2.05, 4.69) is 30.5 Å². The second kappa shape index (κ2) is 11.4. The zero-order chi connectivity index (χ0) is 27.5. The van der Waals surface area contributed by atoms with E-state index >= 15 is 0 Å². The van der Waals surface area contributed by atoms with Crippen LogP contribution in [0.3, 0.4) is 0 Å². The van der Waals surface area contributed by atoms with Crippen molar-refractivity contribution in [3.63, 3.8) is 0 Å². The van der Waals surface area contributed by atoms with Gasteiger partial charge in [0.15, 0.2) is 11.6 Å². The van der Waals surface area contributed by atoms with Crippen LogP contribution >= 0.6 is 0 Å². The van der Waals surface area contributed by atoms with Crippen LogP contribution in [0.4, 0.5) is 0 Å². The molecule has 0 bridgehead atoms. The molecule has 0 aliphatic carbocycles. The van der Waals surface area contributed by atoms with E-state index in [-0.39, 0.29) is 11.6 Å². The lowest BCUT2D eigenvalue weighted by molar-refractivity contribution is 0.103. The fourth-order valence-electron chi connectivity index (χ4n) is 5.73. The molecule has 1 heterocycles. The Kier molecular flexibility index (Phi) is 7.79. The molecule has 0 aliphatic heterocycles. The summed E-state index contributed by atoms with van der Waals surface area (Å²) in [6, 6.07) is 27.6. The summed E-state index contributed by atoms with van der Waals surface area (Å²) in [5.41, 5.74) is 6.96. The molecule has 0 amide bonds. The Hall–Kier alpha value is -3.98. The maximum atomic E-state index is 13.5. The standard InChI is InChI=1S/C36H37NO2/c1-5-7-14-26(6-2)23-37-33-19-17-27(35(38)29-15-10-8-12-24(29)3)21-31(33)32-22-28(18-20-34(32)37)36(39)30-16-11-9-13-25(30)4/h8-13,15-22,26H,5-7,14,23H2,1-4H3. The highest BCUT2D eigenvalue weighted by atomic mass is 16.1. The number of ketones is 2. The van der Waals surface area contributed by atoms with Crippen LogP contribution in [0.1, 0.15) is 82.5 Å². The zero-order valence-corrected chi connectivity index (χ0v) is 23.5. The van der Waals surface area contributed by atoms with E-state index < -0.39 is 0 Å². The molecule has 0 aliphatic rings. The Morgan fingerprint density at radius 2 is 1.18 bits per heavy atom. The summed E-state index contributed by atoms with van der Waals surface area (Å²) < 4.78 is 2.40. The van der Waals surface area contributed by atoms with Gasteiger partial charge in [-0.05, 0) is 73.7 Å². The van der Waals surface area contributed by atoms with Crippen LogP contribution in [0, 0.1) is 19.8 Å². The average molecular weight is 516 g/mol. The van der Waals surface area contributed by atoms with Gasteiger partial charge in [-0.15, -0.1) is 0 Å². The predicted molar refractivity (Wildman–Crippen MR) is 162 cm³/mol. The Balaban J connectivity index is 1.67. The average Bonchev–Trinajstić information content (AvgIpc) is 3.26. The van der Waals surface area contributed by atoms with E-state index in [9.17, 15) is 9.59 Å². The Morgan fingerprint density at radius 3 is 1.62 bits per heavy atom. The van der Waals surface area contributed by atoms with Crippen LogP contribution in [0.5, 0.6) is 0 Å². The van der Waals surface area contributed by atoms with Gasteiger partial charge in [-0.1, -0.05) is 81.6 Å². The molecule has 1 unspecified atom stereocenters. The minimum Gasteiger partial charge on any atom is -0.340 e. The van der Waals surface area contributed by atoms with Crippen molar-refractivity contribution in [2.24, 2.45) is 5.92 Å². The molecule has 0 N–H and O–H groups in total. The molecular weight excluding hydrogens is 478 g/mol. The number of benzene rings is 4. The van der Waals surface area contributed by atoms with E-state index in [0.29, 0.717) is 17.0 Å². The van der Waals surface area contributed by atoms with E-state index in [1.165, 1.54) is 19.3 Å². The van der Waals surface area contributed by atoms with Gasteiger partial charge in [-0.25, -0.2) is 0 Å². The molecule has 0 saturated carbocycles. The summed E-state index contributed by atoms with van der Waals surface area (Å²) in [5.74, 6) is 0.625. The van der Waals surface area contributed by atoms with Gasteiger partial charge in [-0.2, -0.15) is 0 Å². The molecule has 0 spiro atoms. The van der Waals surface area contributed by atoms with Crippen molar-refractivity contribution in [2.75, 3.05) is 0 Å². The number of carbonyl (C=O) groups excluding carboxylic acids is 2. The van der Waals surface area contributed by atoms with Gasteiger partial charge in [0.1, 0.15) is 0 Å². The molecule has 1 aromatic heterocycles. The highest BCUT2D eigenvalue weighted by molar-refractivity contribution is 6.17. The molecule has 0 fully saturated rings. The third-order valence-electron chi connectivity index (χ3n) is 8.15. The highest BCUT2D eigenvalue weighted by Gasteiger charge is 2.20. The van der Waals surface area contributed by atoms with E-state index in [4.69, 9.17) is 0 Å². The molecule has 5 rings (SSSR count). The molecule has 4 aromatic carbocycles. The number of rotatable bonds is 10. The SMILES string of the molecule is CCCCC(CC)Cn1c2ccc(C(=O)c3ccccc3C)cc2c2cc(C(=O)c3ccccc3C)ccc21. The van der Waals surface area contributed by atoms with Gasteiger partial charge in [0, 0.05) is 50.6 Å². The van der Waals surface area contributed by atoms with Gasteiger partial charge in [0.2, 0.25) is 0 Å². The first-order valence-corrected chi connectivity index (χ1v) is 14.2. The number of hydrogen-bond acceptors (Lipinski definition) is 2. The van der Waals surface area contributed by atoms with Crippen LogP contribution in [-0.2, 0) is 6.54 Å². The van der Waals surface area contributed by atoms with Gasteiger partial charge < -0.3 is 4.57 Å². The normalized spacial score (nSPS) is 12.2. The quantitative estimate of drug-likeness (QED) is 0.174. The van der Waals surface area contributed by atoms with Crippen LogP contribution in [-0.4, -0.2) is 16.1 Å². The van der Waals surface area contributed by atoms with E-state index in [1.54, 1.807) is 0 Å². The summed E-state index contributed by atoms with van der Waals surface area (Å²) in [5, 5.41) is 2.04. The van der Waals surface area contributed by atoms with E-state index in [1.807, 2.05) is 86.6 Å². The second-order valence-electron chi connectivity index (χ2n) is 10.8. The Labute approximate surface area is 231 Å². The summed E-state index contributed by atoms with van der Waals surface area (Å²) in [6.45, 7) is 9.39. The second-order valence-corrected chi connectivity index (χ2v) is 10.8. The third kappa shape index (κ3) is 5.18. The maximum Gasteiger partial charge on any atom is 0.193 e. The van der Waals surface area contributed by atoms with Gasteiger partial charge in [-0.3, -0.25) is 9.59 Å². The van der Waals surface area contributed by atoms with Crippen molar-refractivity contribution in [3.8, 4) is 0 Å². The molecule has 0 saturated heterocycles. The first-order chi connectivity index (χ1) is 18.9. The Bertz CT molecular complexity index is 1560. The van der Waals surface area contributed by atoms with Crippen molar-refractivity contribution in [3.05, 3.63) is 118 Å². The predicted octanol–water partition coefficient (Wildman–Crippen LogP) is 9.09. The summed E-state index contributed by atoms with van der Waals surface area (Å²) in [7, 11) is 0. The van der Waals surface area contributed by atoms with Crippen LogP contribution in [0.2, 0.25) is 0 Å². The number of aryl methyl sites for hydroxylation is 2. The number of fused-ring (bicyclic) bond motifs is 3. The lowest BCUT2D eigenvalue weighted by Gasteiger charge is -2.17. The first kappa shape index (κ1) is 26.6. The number of aromatic nitrogens is 1. The van der Waals surface area contributed by atoms with Crippen LogP contribution in [0.25, 0.3) is 21.8 Å². The van der Waals surface area contributed by atoms with Gasteiger partial charge in [0.05, 0.1) is 0 Å². The summed E-state index contributed by atoms with van der Waals surface area (Å²) in [6.07, 6.45) is 4.73. The number of carbonyl (C=O) groups is 2. The van der Waals surface area contributed by atoms with Crippen molar-refractivity contribution in [1.82, 2.24) is 4.57 Å². The van der Waals surface area contributed by atoms with Gasteiger partial charge in [0.25, 0.3) is 0 Å². The molecule has 3 nitrogen and oxygen atoms in total. The topological polar surface area (TPSA) is 39.1 Å². The van der Waals surface area contributed by atoms with Crippen molar-refractivity contribution >= 4 is 33.4 Å². The molecule has 1 atom stereocenters.